The lowest BCUT2D eigenvalue weighted by Gasteiger charge is -2.16. The van der Waals surface area contributed by atoms with Gasteiger partial charge in [0.1, 0.15) is 5.75 Å². The number of carbonyl (C=O) groups excluding carboxylic acids is 2. The molecule has 0 radical (unpaired) electrons. The fourth-order valence-corrected chi connectivity index (χ4v) is 3.08. The van der Waals surface area contributed by atoms with Crippen molar-refractivity contribution in [2.24, 2.45) is 0 Å². The lowest BCUT2D eigenvalue weighted by Crippen LogP contribution is -2.30. The van der Waals surface area contributed by atoms with Crippen molar-refractivity contribution < 1.29 is 40.7 Å². The largest absolute Gasteiger partial charge is 0.451 e. The monoisotopic (exact) mass is 437 g/mol. The van der Waals surface area contributed by atoms with Crippen molar-refractivity contribution in [3.63, 3.8) is 0 Å². The molecule has 0 fully saturated rings. The van der Waals surface area contributed by atoms with E-state index in [1.165, 1.54) is 24.3 Å². The average molecular weight is 437 g/mol. The third-order valence-electron chi connectivity index (χ3n) is 4.50. The van der Waals surface area contributed by atoms with Crippen LogP contribution in [-0.4, -0.2) is 11.8 Å². The van der Waals surface area contributed by atoms with Crippen molar-refractivity contribution in [3.05, 3.63) is 88.7 Å². The van der Waals surface area contributed by atoms with E-state index in [1.807, 2.05) is 0 Å². The van der Waals surface area contributed by atoms with E-state index in [2.05, 4.69) is 0 Å². The summed E-state index contributed by atoms with van der Waals surface area (Å²) in [5.74, 6) is -7.55. The summed E-state index contributed by atoms with van der Waals surface area (Å²) in [6.45, 7) is 0. The number of benzene rings is 3. The molecule has 2 amide bonds. The highest BCUT2D eigenvalue weighted by Gasteiger charge is 2.38. The number of hydrogen-bond acceptors (Lipinski definition) is 3. The zero-order valence-corrected chi connectivity index (χ0v) is 15.1. The summed E-state index contributed by atoms with van der Waals surface area (Å²) in [6.07, 6.45) is -4.97. The van der Waals surface area contributed by atoms with E-state index in [0.717, 1.165) is 12.1 Å². The number of ether oxygens (including phenoxy) is 1. The molecule has 1 heterocycles. The van der Waals surface area contributed by atoms with Gasteiger partial charge in [0.25, 0.3) is 11.8 Å². The van der Waals surface area contributed by atoms with Crippen LogP contribution >= 0.6 is 0 Å². The van der Waals surface area contributed by atoms with Crippen LogP contribution in [-0.2, 0) is 6.18 Å². The van der Waals surface area contributed by atoms with Gasteiger partial charge in [0, 0.05) is 6.07 Å². The van der Waals surface area contributed by atoms with Crippen molar-refractivity contribution >= 4 is 17.5 Å². The van der Waals surface area contributed by atoms with Gasteiger partial charge in [-0.15, -0.1) is 0 Å². The second-order valence-corrected chi connectivity index (χ2v) is 6.47. The van der Waals surface area contributed by atoms with Gasteiger partial charge in [0.05, 0.1) is 22.4 Å². The second-order valence-electron chi connectivity index (χ2n) is 6.47. The minimum absolute atomic E-state index is 0.0436. The molecule has 1 aliphatic heterocycles. The maximum Gasteiger partial charge on any atom is 0.416 e. The molecule has 0 aromatic heterocycles. The topological polar surface area (TPSA) is 46.6 Å². The second kappa shape index (κ2) is 7.15. The minimum atomic E-state index is -4.97. The first kappa shape index (κ1) is 20.5. The number of halogens is 6. The van der Waals surface area contributed by atoms with Crippen LogP contribution in [0.3, 0.4) is 0 Å². The predicted molar refractivity (Wildman–Crippen MR) is 95.4 cm³/mol. The molecule has 4 nitrogen and oxygen atoms in total. The Bertz CT molecular complexity index is 1180. The van der Waals surface area contributed by atoms with Crippen LogP contribution in [0.5, 0.6) is 11.5 Å². The summed E-state index contributed by atoms with van der Waals surface area (Å²) in [5, 5.41) is 0. The number of hydrogen-bond donors (Lipinski definition) is 0. The molecular weight excluding hydrogens is 428 g/mol. The predicted octanol–water partition coefficient (Wildman–Crippen LogP) is 5.72. The summed E-state index contributed by atoms with van der Waals surface area (Å²) in [7, 11) is 0. The molecule has 158 valence electrons. The van der Waals surface area contributed by atoms with Crippen molar-refractivity contribution in [2.75, 3.05) is 4.90 Å². The maximum atomic E-state index is 14.6. The molecule has 0 N–H and O–H groups in total. The normalized spacial score (nSPS) is 13.5. The molecule has 0 unspecified atom stereocenters. The SMILES string of the molecule is O=C1c2ccccc2C(=O)N1c1ccc(Oc2c(F)cc(C(F)(F)F)cc2F)cc1F. The fourth-order valence-electron chi connectivity index (χ4n) is 3.08. The third kappa shape index (κ3) is 3.49. The van der Waals surface area contributed by atoms with Gasteiger partial charge in [0.2, 0.25) is 0 Å². The van der Waals surface area contributed by atoms with E-state index < -0.39 is 58.2 Å². The Morgan fingerprint density at radius 2 is 1.29 bits per heavy atom. The zero-order valence-electron chi connectivity index (χ0n) is 15.1. The van der Waals surface area contributed by atoms with Crippen LogP contribution in [0.4, 0.5) is 32.0 Å². The summed E-state index contributed by atoms with van der Waals surface area (Å²) in [6, 6.07) is 8.61. The Balaban J connectivity index is 1.64. The molecule has 10 heteroatoms. The van der Waals surface area contributed by atoms with E-state index >= 15 is 0 Å². The first-order chi connectivity index (χ1) is 14.6. The first-order valence-electron chi connectivity index (χ1n) is 8.59. The Labute approximate surface area is 170 Å². The van der Waals surface area contributed by atoms with Crippen molar-refractivity contribution in [3.8, 4) is 11.5 Å². The number of amides is 2. The summed E-state index contributed by atoms with van der Waals surface area (Å²) >= 11 is 0. The fraction of sp³-hybridized carbons (Fsp3) is 0.0476. The van der Waals surface area contributed by atoms with Gasteiger partial charge < -0.3 is 4.74 Å². The van der Waals surface area contributed by atoms with E-state index in [0.29, 0.717) is 11.0 Å². The van der Waals surface area contributed by atoms with E-state index in [4.69, 9.17) is 4.74 Å². The first-order valence-corrected chi connectivity index (χ1v) is 8.59. The standard InChI is InChI=1S/C21H9F6NO3/c22-14-9-11(31-18-15(23)7-10(8-16(18)24)21(25,26)27)5-6-17(14)28-19(29)12-3-1-2-4-13(12)20(28)30/h1-9H. The van der Waals surface area contributed by atoms with Crippen LogP contribution in [0.2, 0.25) is 0 Å². The van der Waals surface area contributed by atoms with Crippen LogP contribution in [0, 0.1) is 17.5 Å². The van der Waals surface area contributed by atoms with E-state index in [-0.39, 0.29) is 23.3 Å². The summed E-state index contributed by atoms with van der Waals surface area (Å²) in [5.41, 5.74) is -1.81. The van der Waals surface area contributed by atoms with Gasteiger partial charge in [-0.1, -0.05) is 12.1 Å². The van der Waals surface area contributed by atoms with Crippen LogP contribution < -0.4 is 9.64 Å². The molecular formula is C21H9F6NO3. The molecule has 4 rings (SSSR count). The van der Waals surface area contributed by atoms with E-state index in [1.54, 1.807) is 0 Å². The molecule has 3 aromatic rings. The molecule has 0 saturated heterocycles. The summed E-state index contributed by atoms with van der Waals surface area (Å²) < 4.78 is 85.3. The maximum absolute atomic E-state index is 14.6. The molecule has 0 spiro atoms. The molecule has 0 aliphatic carbocycles. The van der Waals surface area contributed by atoms with Gasteiger partial charge in [-0.2, -0.15) is 13.2 Å². The smallest absolute Gasteiger partial charge is 0.416 e. The number of anilines is 1. The van der Waals surface area contributed by atoms with Gasteiger partial charge >= 0.3 is 6.18 Å². The average Bonchev–Trinajstić information content (AvgIpc) is 2.95. The van der Waals surface area contributed by atoms with Crippen LogP contribution in [0.25, 0.3) is 0 Å². The van der Waals surface area contributed by atoms with Crippen LogP contribution in [0.15, 0.2) is 54.6 Å². The number of alkyl halides is 3. The molecule has 0 saturated carbocycles. The van der Waals surface area contributed by atoms with Gasteiger partial charge in [-0.05, 0) is 36.4 Å². The lowest BCUT2D eigenvalue weighted by atomic mass is 10.1. The highest BCUT2D eigenvalue weighted by molar-refractivity contribution is 6.34. The molecule has 0 bridgehead atoms. The molecule has 0 atom stereocenters. The minimum Gasteiger partial charge on any atom is -0.451 e. The molecule has 1 aliphatic rings. The quantitative estimate of drug-likeness (QED) is 0.389. The number of rotatable bonds is 3. The lowest BCUT2D eigenvalue weighted by molar-refractivity contribution is -0.138. The number of nitrogens with zero attached hydrogens (tertiary/aromatic N) is 1. The third-order valence-corrected chi connectivity index (χ3v) is 4.50. The number of imide groups is 1. The Morgan fingerprint density at radius 3 is 1.77 bits per heavy atom. The number of fused-ring (bicyclic) bond motifs is 1. The summed E-state index contributed by atoms with van der Waals surface area (Å²) in [4.78, 5) is 25.5. The van der Waals surface area contributed by atoms with Gasteiger partial charge in [-0.25, -0.2) is 18.1 Å². The molecule has 3 aromatic carbocycles. The Morgan fingerprint density at radius 1 is 0.742 bits per heavy atom. The van der Waals surface area contributed by atoms with Crippen molar-refractivity contribution in [1.29, 1.82) is 0 Å². The highest BCUT2D eigenvalue weighted by Crippen LogP contribution is 2.37. The van der Waals surface area contributed by atoms with Gasteiger partial charge in [0.15, 0.2) is 23.2 Å². The Kier molecular flexibility index (Phi) is 4.72. The zero-order chi connectivity index (χ0) is 22.5. The van der Waals surface area contributed by atoms with Crippen LogP contribution in [0.1, 0.15) is 26.3 Å². The van der Waals surface area contributed by atoms with Crippen molar-refractivity contribution in [1.82, 2.24) is 0 Å². The number of carbonyl (C=O) groups is 2. The molecule has 31 heavy (non-hydrogen) atoms. The van der Waals surface area contributed by atoms with Gasteiger partial charge in [-0.3, -0.25) is 9.59 Å². The highest BCUT2D eigenvalue weighted by atomic mass is 19.4. The van der Waals surface area contributed by atoms with Crippen molar-refractivity contribution in [2.45, 2.75) is 6.18 Å². The van der Waals surface area contributed by atoms with E-state index in [9.17, 15) is 35.9 Å². The Hall–Kier alpha value is -3.82.